The number of H-pyrrole nitrogens is 1. The van der Waals surface area contributed by atoms with E-state index in [-0.39, 0.29) is 0 Å². The number of hydrogen-bond acceptors (Lipinski definition) is 4. The number of rotatable bonds is 4. The summed E-state index contributed by atoms with van der Waals surface area (Å²) in [5, 5.41) is 7.80. The van der Waals surface area contributed by atoms with Gasteiger partial charge in [-0.05, 0) is 29.8 Å². The van der Waals surface area contributed by atoms with E-state index in [1.807, 2.05) is 48.8 Å². The van der Waals surface area contributed by atoms with Crippen LogP contribution in [0.15, 0.2) is 60.9 Å². The van der Waals surface area contributed by atoms with Crippen molar-refractivity contribution in [2.24, 2.45) is 0 Å². The van der Waals surface area contributed by atoms with Crippen LogP contribution in [0, 0.1) is 0 Å². The highest BCUT2D eigenvalue weighted by Crippen LogP contribution is 2.28. The molecule has 0 saturated heterocycles. The zero-order valence-electron chi connectivity index (χ0n) is 11.7. The summed E-state index contributed by atoms with van der Waals surface area (Å²) in [6.07, 6.45) is 3.71. The molecular formula is C17H13N3OS. The van der Waals surface area contributed by atoms with Crippen LogP contribution in [0.1, 0.15) is 5.01 Å². The van der Waals surface area contributed by atoms with E-state index >= 15 is 0 Å². The molecule has 2 aromatic carbocycles. The number of ether oxygens (including phenoxy) is 1. The van der Waals surface area contributed by atoms with E-state index < -0.39 is 0 Å². The molecule has 0 bridgehead atoms. The van der Waals surface area contributed by atoms with E-state index in [1.54, 1.807) is 11.3 Å². The molecule has 0 saturated carbocycles. The number of nitrogens with one attached hydrogen (secondary N) is 1. The zero-order valence-corrected chi connectivity index (χ0v) is 12.5. The second-order valence-electron chi connectivity index (χ2n) is 4.88. The Hall–Kier alpha value is -2.66. The second kappa shape index (κ2) is 5.61. The van der Waals surface area contributed by atoms with E-state index in [2.05, 4.69) is 27.3 Å². The molecule has 2 aromatic heterocycles. The van der Waals surface area contributed by atoms with Gasteiger partial charge in [-0.25, -0.2) is 4.98 Å². The number of nitrogens with zero attached hydrogens (tertiary/aromatic N) is 2. The van der Waals surface area contributed by atoms with Crippen molar-refractivity contribution in [1.82, 2.24) is 15.2 Å². The smallest absolute Gasteiger partial charge is 0.140 e. The third-order valence-corrected chi connectivity index (χ3v) is 4.36. The van der Waals surface area contributed by atoms with E-state index in [0.29, 0.717) is 6.61 Å². The van der Waals surface area contributed by atoms with E-state index in [0.717, 1.165) is 32.1 Å². The average molecular weight is 307 g/mol. The zero-order chi connectivity index (χ0) is 14.8. The second-order valence-corrected chi connectivity index (χ2v) is 5.99. The summed E-state index contributed by atoms with van der Waals surface area (Å²) in [5.41, 5.74) is 3.22. The van der Waals surface area contributed by atoms with Crippen molar-refractivity contribution < 1.29 is 4.74 Å². The van der Waals surface area contributed by atoms with Gasteiger partial charge >= 0.3 is 0 Å². The maximum atomic E-state index is 5.76. The molecule has 22 heavy (non-hydrogen) atoms. The summed E-state index contributed by atoms with van der Waals surface area (Å²) in [6.45, 7) is 0.490. The first kappa shape index (κ1) is 13.0. The fourth-order valence-electron chi connectivity index (χ4n) is 2.28. The van der Waals surface area contributed by atoms with Crippen molar-refractivity contribution in [3.8, 4) is 16.9 Å². The summed E-state index contributed by atoms with van der Waals surface area (Å²) in [4.78, 5) is 4.62. The molecular weight excluding hydrogens is 294 g/mol. The number of aromatic amines is 1. The van der Waals surface area contributed by atoms with Crippen molar-refractivity contribution >= 4 is 21.6 Å². The highest BCUT2D eigenvalue weighted by atomic mass is 32.1. The fourth-order valence-corrected chi connectivity index (χ4v) is 3.20. The van der Waals surface area contributed by atoms with Crippen LogP contribution in [0.3, 0.4) is 0 Å². The van der Waals surface area contributed by atoms with Crippen LogP contribution in [-0.2, 0) is 6.61 Å². The van der Waals surface area contributed by atoms with Crippen molar-refractivity contribution in [2.75, 3.05) is 0 Å². The van der Waals surface area contributed by atoms with Gasteiger partial charge in [0.2, 0.25) is 0 Å². The predicted octanol–water partition coefficient (Wildman–Crippen LogP) is 4.27. The molecule has 4 aromatic rings. The number of para-hydroxylation sites is 1. The Morgan fingerprint density at radius 3 is 2.77 bits per heavy atom. The Kier molecular flexibility index (Phi) is 3.33. The standard InChI is InChI=1S/C17H13N3OS/c1-2-4-14(5-3-1)21-11-17-20-15-7-6-12(8-16(15)22-17)13-9-18-19-10-13/h1-10H,11H2,(H,18,19). The minimum absolute atomic E-state index is 0.490. The third-order valence-electron chi connectivity index (χ3n) is 3.37. The maximum Gasteiger partial charge on any atom is 0.140 e. The Bertz CT molecular complexity index is 885. The molecule has 0 aliphatic rings. The van der Waals surface area contributed by atoms with Gasteiger partial charge in [-0.1, -0.05) is 24.3 Å². The average Bonchev–Trinajstić information content (AvgIpc) is 3.22. The first-order chi connectivity index (χ1) is 10.9. The molecule has 108 valence electrons. The third kappa shape index (κ3) is 2.58. The van der Waals surface area contributed by atoms with Gasteiger partial charge in [0.25, 0.3) is 0 Å². The lowest BCUT2D eigenvalue weighted by Gasteiger charge is -2.02. The van der Waals surface area contributed by atoms with Crippen LogP contribution >= 0.6 is 11.3 Å². The lowest BCUT2D eigenvalue weighted by molar-refractivity contribution is 0.306. The van der Waals surface area contributed by atoms with Crippen molar-refractivity contribution in [3.05, 3.63) is 65.9 Å². The van der Waals surface area contributed by atoms with Crippen molar-refractivity contribution in [2.45, 2.75) is 6.61 Å². The molecule has 0 unspecified atom stereocenters. The molecule has 4 rings (SSSR count). The number of aromatic nitrogens is 3. The molecule has 1 N–H and O–H groups in total. The van der Waals surface area contributed by atoms with E-state index in [1.165, 1.54) is 0 Å². The molecule has 0 radical (unpaired) electrons. The fraction of sp³-hybridized carbons (Fsp3) is 0.0588. The normalized spacial score (nSPS) is 10.9. The molecule has 0 aliphatic heterocycles. The first-order valence-corrected chi connectivity index (χ1v) is 7.76. The van der Waals surface area contributed by atoms with Gasteiger partial charge in [0, 0.05) is 11.8 Å². The van der Waals surface area contributed by atoms with Crippen LogP contribution in [0.25, 0.3) is 21.3 Å². The van der Waals surface area contributed by atoms with Crippen LogP contribution in [0.2, 0.25) is 0 Å². The van der Waals surface area contributed by atoms with Crippen LogP contribution in [0.4, 0.5) is 0 Å². The molecule has 4 nitrogen and oxygen atoms in total. The SMILES string of the molecule is c1ccc(OCc2nc3ccc(-c4cn[nH]c4)cc3s2)cc1. The van der Waals surface area contributed by atoms with Gasteiger partial charge < -0.3 is 4.74 Å². The van der Waals surface area contributed by atoms with Gasteiger partial charge in [0.05, 0.1) is 16.4 Å². The molecule has 0 atom stereocenters. The Morgan fingerprint density at radius 1 is 1.05 bits per heavy atom. The van der Waals surface area contributed by atoms with E-state index in [9.17, 15) is 0 Å². The molecule has 0 aliphatic carbocycles. The number of fused-ring (bicyclic) bond motifs is 1. The van der Waals surface area contributed by atoms with Crippen LogP contribution in [0.5, 0.6) is 5.75 Å². The number of hydrogen-bond donors (Lipinski definition) is 1. The lowest BCUT2D eigenvalue weighted by Crippen LogP contribution is -1.93. The topological polar surface area (TPSA) is 50.8 Å². The van der Waals surface area contributed by atoms with Crippen molar-refractivity contribution in [1.29, 1.82) is 0 Å². The largest absolute Gasteiger partial charge is 0.486 e. The Morgan fingerprint density at radius 2 is 1.95 bits per heavy atom. The van der Waals surface area contributed by atoms with Crippen LogP contribution < -0.4 is 4.74 Å². The van der Waals surface area contributed by atoms with Gasteiger partial charge in [-0.2, -0.15) is 5.10 Å². The summed E-state index contributed by atoms with van der Waals surface area (Å²) >= 11 is 1.66. The summed E-state index contributed by atoms with van der Waals surface area (Å²) in [7, 11) is 0. The maximum absolute atomic E-state index is 5.76. The monoisotopic (exact) mass is 307 g/mol. The summed E-state index contributed by atoms with van der Waals surface area (Å²) in [6, 6.07) is 16.0. The van der Waals surface area contributed by atoms with Crippen molar-refractivity contribution in [3.63, 3.8) is 0 Å². The summed E-state index contributed by atoms with van der Waals surface area (Å²) < 4.78 is 6.91. The number of thiazole rings is 1. The van der Waals surface area contributed by atoms with Gasteiger partial charge in [0.1, 0.15) is 17.4 Å². The van der Waals surface area contributed by atoms with Gasteiger partial charge in [0.15, 0.2) is 0 Å². The molecule has 0 fully saturated rings. The minimum Gasteiger partial charge on any atom is -0.486 e. The molecule has 2 heterocycles. The molecule has 0 amide bonds. The molecule has 0 spiro atoms. The first-order valence-electron chi connectivity index (χ1n) is 6.95. The lowest BCUT2D eigenvalue weighted by atomic mass is 10.1. The Labute approximate surface area is 131 Å². The van der Waals surface area contributed by atoms with Gasteiger partial charge in [-0.3, -0.25) is 5.10 Å². The predicted molar refractivity (Wildman–Crippen MR) is 88.0 cm³/mol. The van der Waals surface area contributed by atoms with Gasteiger partial charge in [-0.15, -0.1) is 11.3 Å². The highest BCUT2D eigenvalue weighted by molar-refractivity contribution is 7.18. The minimum atomic E-state index is 0.490. The summed E-state index contributed by atoms with van der Waals surface area (Å²) in [5.74, 6) is 0.862. The van der Waals surface area contributed by atoms with Crippen LogP contribution in [-0.4, -0.2) is 15.2 Å². The highest BCUT2D eigenvalue weighted by Gasteiger charge is 2.07. The Balaban J connectivity index is 1.58. The number of benzene rings is 2. The molecule has 5 heteroatoms. The quantitative estimate of drug-likeness (QED) is 0.612. The van der Waals surface area contributed by atoms with E-state index in [4.69, 9.17) is 4.74 Å².